The summed E-state index contributed by atoms with van der Waals surface area (Å²) in [6.07, 6.45) is 0. The minimum Gasteiger partial charge on any atom is -0.470 e. The molecule has 0 radical (unpaired) electrons. The first kappa shape index (κ1) is 12.4. The van der Waals surface area contributed by atoms with Gasteiger partial charge in [0.25, 0.3) is 0 Å². The lowest BCUT2D eigenvalue weighted by Crippen LogP contribution is -2.09. The van der Waals surface area contributed by atoms with E-state index in [0.717, 1.165) is 0 Å². The van der Waals surface area contributed by atoms with Crippen molar-refractivity contribution in [2.24, 2.45) is 0 Å². The molecule has 18 heavy (non-hydrogen) atoms. The Hall–Kier alpha value is -2.01. The number of thiol groups is 1. The van der Waals surface area contributed by atoms with E-state index >= 15 is 0 Å². The van der Waals surface area contributed by atoms with Crippen LogP contribution in [0.4, 0.5) is 5.69 Å². The topological polar surface area (TPSA) is 69.4 Å². The second kappa shape index (κ2) is 5.55. The van der Waals surface area contributed by atoms with Gasteiger partial charge >= 0.3 is 0 Å². The van der Waals surface area contributed by atoms with Gasteiger partial charge in [-0.25, -0.2) is 8.42 Å². The standard InChI is InChI=1S/C13H13NO3S/c14-11-7-4-8-12(9-11)17-13(18(15)16)10-5-2-1-3-6-10/h1-9,13,18H,14H2. The molecule has 0 fully saturated rings. The molecule has 4 nitrogen and oxygen atoms in total. The van der Waals surface area contributed by atoms with Crippen molar-refractivity contribution in [1.29, 1.82) is 0 Å². The van der Waals surface area contributed by atoms with Crippen molar-refractivity contribution in [2.45, 2.75) is 5.44 Å². The largest absolute Gasteiger partial charge is 0.470 e. The lowest BCUT2D eigenvalue weighted by Gasteiger charge is -2.14. The molecule has 94 valence electrons. The summed E-state index contributed by atoms with van der Waals surface area (Å²) >= 11 is 0. The number of benzene rings is 2. The third kappa shape index (κ3) is 3.01. The SMILES string of the molecule is Nc1cccc(OC(c2ccccc2)[SH](=O)=O)c1. The predicted octanol–water partition coefficient (Wildman–Crippen LogP) is 1.96. The molecule has 0 aromatic heterocycles. The van der Waals surface area contributed by atoms with Crippen LogP contribution >= 0.6 is 0 Å². The van der Waals surface area contributed by atoms with Gasteiger partial charge in [0, 0.05) is 17.3 Å². The molecule has 0 aliphatic carbocycles. The lowest BCUT2D eigenvalue weighted by molar-refractivity contribution is 0.284. The van der Waals surface area contributed by atoms with E-state index in [1.807, 2.05) is 6.07 Å². The van der Waals surface area contributed by atoms with Crippen LogP contribution in [0.25, 0.3) is 0 Å². The highest BCUT2D eigenvalue weighted by molar-refractivity contribution is 7.72. The monoisotopic (exact) mass is 263 g/mol. The number of anilines is 1. The molecule has 2 rings (SSSR count). The molecule has 1 unspecified atom stereocenters. The van der Waals surface area contributed by atoms with Crippen molar-refractivity contribution in [1.82, 2.24) is 0 Å². The molecule has 0 saturated heterocycles. The highest BCUT2D eigenvalue weighted by Crippen LogP contribution is 2.23. The van der Waals surface area contributed by atoms with E-state index in [1.165, 1.54) is 0 Å². The first-order valence-electron chi connectivity index (χ1n) is 5.37. The van der Waals surface area contributed by atoms with E-state index in [1.54, 1.807) is 48.5 Å². The zero-order chi connectivity index (χ0) is 13.0. The van der Waals surface area contributed by atoms with Gasteiger partial charge in [0.1, 0.15) is 5.75 Å². The van der Waals surface area contributed by atoms with E-state index in [2.05, 4.69) is 0 Å². The lowest BCUT2D eigenvalue weighted by atomic mass is 10.2. The first-order chi connectivity index (χ1) is 8.66. The molecule has 0 aliphatic heterocycles. The summed E-state index contributed by atoms with van der Waals surface area (Å²) in [5.41, 5.74) is 5.74. The van der Waals surface area contributed by atoms with Gasteiger partial charge in [-0.1, -0.05) is 36.4 Å². The smallest absolute Gasteiger partial charge is 0.221 e. The van der Waals surface area contributed by atoms with Gasteiger partial charge in [-0.2, -0.15) is 0 Å². The van der Waals surface area contributed by atoms with E-state index in [-0.39, 0.29) is 0 Å². The number of hydrogen-bond acceptors (Lipinski definition) is 4. The van der Waals surface area contributed by atoms with E-state index < -0.39 is 16.1 Å². The molecule has 2 aromatic carbocycles. The Morgan fingerprint density at radius 3 is 2.33 bits per heavy atom. The zero-order valence-corrected chi connectivity index (χ0v) is 10.4. The van der Waals surface area contributed by atoms with Crippen LogP contribution in [0.2, 0.25) is 0 Å². The maximum absolute atomic E-state index is 11.3. The summed E-state index contributed by atoms with van der Waals surface area (Å²) < 4.78 is 28.0. The van der Waals surface area contributed by atoms with Gasteiger partial charge in [-0.3, -0.25) is 0 Å². The maximum Gasteiger partial charge on any atom is 0.221 e. The van der Waals surface area contributed by atoms with Crippen molar-refractivity contribution >= 4 is 16.4 Å². The van der Waals surface area contributed by atoms with Crippen molar-refractivity contribution in [3.05, 3.63) is 60.2 Å². The van der Waals surface area contributed by atoms with Crippen LogP contribution < -0.4 is 10.5 Å². The van der Waals surface area contributed by atoms with Gasteiger partial charge in [0.2, 0.25) is 5.44 Å². The van der Waals surface area contributed by atoms with E-state index in [0.29, 0.717) is 17.0 Å². The molecule has 1 atom stereocenters. The van der Waals surface area contributed by atoms with Crippen molar-refractivity contribution in [2.75, 3.05) is 5.73 Å². The summed E-state index contributed by atoms with van der Waals surface area (Å²) in [4.78, 5) is 0. The van der Waals surface area contributed by atoms with E-state index in [9.17, 15) is 8.42 Å². The molecule has 0 aliphatic rings. The van der Waals surface area contributed by atoms with Gasteiger partial charge in [-0.05, 0) is 12.1 Å². The van der Waals surface area contributed by atoms with E-state index in [4.69, 9.17) is 10.5 Å². The fraction of sp³-hybridized carbons (Fsp3) is 0.0769. The molecule has 0 spiro atoms. The minimum atomic E-state index is -2.74. The van der Waals surface area contributed by atoms with Crippen LogP contribution in [0, 0.1) is 0 Å². The molecule has 0 amide bonds. The molecule has 0 bridgehead atoms. The molecule has 2 aromatic rings. The Balaban J connectivity index is 2.28. The highest BCUT2D eigenvalue weighted by atomic mass is 32.2. The Morgan fingerprint density at radius 2 is 1.72 bits per heavy atom. The summed E-state index contributed by atoms with van der Waals surface area (Å²) in [6, 6.07) is 15.5. The second-order valence-electron chi connectivity index (χ2n) is 3.74. The summed E-state index contributed by atoms with van der Waals surface area (Å²) in [5, 5.41) is 0. The van der Waals surface area contributed by atoms with Gasteiger partial charge < -0.3 is 10.5 Å². The van der Waals surface area contributed by atoms with Crippen LogP contribution in [0.1, 0.15) is 11.0 Å². The average molecular weight is 263 g/mol. The van der Waals surface area contributed by atoms with Gasteiger partial charge in [0.15, 0.2) is 10.7 Å². The molecule has 0 heterocycles. The van der Waals surface area contributed by atoms with Gasteiger partial charge in [0.05, 0.1) is 0 Å². The number of nitrogens with two attached hydrogens (primary N) is 1. The summed E-state index contributed by atoms with van der Waals surface area (Å²) in [6.45, 7) is 0. The summed E-state index contributed by atoms with van der Waals surface area (Å²) in [7, 11) is -2.74. The average Bonchev–Trinajstić information content (AvgIpc) is 2.37. The van der Waals surface area contributed by atoms with Crippen LogP contribution in [-0.2, 0) is 10.7 Å². The predicted molar refractivity (Wildman–Crippen MR) is 71.0 cm³/mol. The van der Waals surface area contributed by atoms with Crippen LogP contribution in [-0.4, -0.2) is 8.42 Å². The fourth-order valence-electron chi connectivity index (χ4n) is 1.57. The number of nitrogen functional groups attached to an aromatic ring is 1. The van der Waals surface area contributed by atoms with Crippen molar-refractivity contribution in [3.8, 4) is 5.75 Å². The second-order valence-corrected chi connectivity index (χ2v) is 4.78. The third-order valence-corrected chi connectivity index (χ3v) is 3.17. The third-order valence-electron chi connectivity index (χ3n) is 2.38. The van der Waals surface area contributed by atoms with Crippen LogP contribution in [0.15, 0.2) is 54.6 Å². The summed E-state index contributed by atoms with van der Waals surface area (Å²) in [5.74, 6) is 0.433. The highest BCUT2D eigenvalue weighted by Gasteiger charge is 2.15. The van der Waals surface area contributed by atoms with Crippen molar-refractivity contribution < 1.29 is 13.2 Å². The number of hydrogen-bond donors (Lipinski definition) is 2. The quantitative estimate of drug-likeness (QED) is 0.653. The minimum absolute atomic E-state index is 0.433. The maximum atomic E-state index is 11.3. The molecular weight excluding hydrogens is 250 g/mol. The van der Waals surface area contributed by atoms with Gasteiger partial charge in [-0.15, -0.1) is 0 Å². The fourth-order valence-corrected chi connectivity index (χ4v) is 2.19. The molecule has 2 N–H and O–H groups in total. The Morgan fingerprint density at radius 1 is 1.00 bits per heavy atom. The van der Waals surface area contributed by atoms with Crippen molar-refractivity contribution in [3.63, 3.8) is 0 Å². The Kier molecular flexibility index (Phi) is 3.84. The molecule has 0 saturated carbocycles. The first-order valence-corrected chi connectivity index (χ1v) is 6.62. The Labute approximate surface area is 107 Å². The Bertz CT molecular complexity index is 588. The normalized spacial score (nSPS) is 12.3. The molecular formula is C13H13NO3S. The van der Waals surface area contributed by atoms with Crippen LogP contribution in [0.5, 0.6) is 5.75 Å². The number of ether oxygens (including phenoxy) is 1. The zero-order valence-electron chi connectivity index (χ0n) is 9.52. The molecule has 5 heteroatoms. The number of rotatable bonds is 4. The van der Waals surface area contributed by atoms with Crippen LogP contribution in [0.3, 0.4) is 0 Å².